The first kappa shape index (κ1) is 12.1. The summed E-state index contributed by atoms with van der Waals surface area (Å²) in [6, 6.07) is 1.61. The molecule has 0 bridgehead atoms. The molecule has 1 atom stereocenters. The van der Waals surface area contributed by atoms with Crippen molar-refractivity contribution in [2.75, 3.05) is 19.9 Å². The Hall–Kier alpha value is -0.940. The van der Waals surface area contributed by atoms with Crippen LogP contribution in [0.1, 0.15) is 5.76 Å². The molecule has 1 aromatic rings. The molecule has 5 heteroatoms. The number of hydrogen-bond acceptors (Lipinski definition) is 5. The van der Waals surface area contributed by atoms with Gasteiger partial charge in [-0.05, 0) is 20.0 Å². The molecule has 15 heavy (non-hydrogen) atoms. The van der Waals surface area contributed by atoms with Crippen LogP contribution >= 0.6 is 11.8 Å². The Balaban J connectivity index is 2.48. The van der Waals surface area contributed by atoms with E-state index in [1.54, 1.807) is 25.1 Å². The van der Waals surface area contributed by atoms with Crippen LogP contribution in [0.4, 0.5) is 0 Å². The zero-order valence-electron chi connectivity index (χ0n) is 9.07. The van der Waals surface area contributed by atoms with Crippen molar-refractivity contribution in [1.29, 1.82) is 0 Å². The number of rotatable bonds is 5. The van der Waals surface area contributed by atoms with Gasteiger partial charge in [0.25, 0.3) is 0 Å². The van der Waals surface area contributed by atoms with Gasteiger partial charge in [-0.1, -0.05) is 0 Å². The molecular formula is C10H15NO3S. The van der Waals surface area contributed by atoms with Gasteiger partial charge in [0.05, 0.1) is 13.4 Å². The van der Waals surface area contributed by atoms with E-state index in [0.29, 0.717) is 5.75 Å². The number of carbonyl (C=O) groups excluding carboxylic acids is 1. The van der Waals surface area contributed by atoms with E-state index in [2.05, 4.69) is 10.1 Å². The number of aryl methyl sites for hydroxylation is 1. The fraction of sp³-hybridized carbons (Fsp3) is 0.500. The van der Waals surface area contributed by atoms with Crippen LogP contribution in [0.25, 0.3) is 0 Å². The van der Waals surface area contributed by atoms with E-state index in [-0.39, 0.29) is 12.0 Å². The first-order chi connectivity index (χ1) is 7.19. The second kappa shape index (κ2) is 5.82. The zero-order chi connectivity index (χ0) is 11.3. The minimum absolute atomic E-state index is 0.244. The fourth-order valence-corrected chi connectivity index (χ4v) is 2.16. The van der Waals surface area contributed by atoms with E-state index < -0.39 is 0 Å². The maximum absolute atomic E-state index is 11.3. The number of ether oxygens (including phenoxy) is 1. The standard InChI is InChI=1S/C10H15NO3S/c1-7-9(4-5-14-7)15-6-8(11-2)10(12)13-3/h4-5,8,11H,6H2,1-3H3. The van der Waals surface area contributed by atoms with Gasteiger partial charge in [0.15, 0.2) is 0 Å². The molecule has 0 amide bonds. The molecule has 0 aliphatic carbocycles. The van der Waals surface area contributed by atoms with Gasteiger partial charge in [-0.15, -0.1) is 11.8 Å². The van der Waals surface area contributed by atoms with Crippen LogP contribution in [-0.2, 0) is 9.53 Å². The van der Waals surface area contributed by atoms with E-state index >= 15 is 0 Å². The predicted molar refractivity (Wildman–Crippen MR) is 59.0 cm³/mol. The Morgan fingerprint density at radius 1 is 1.73 bits per heavy atom. The van der Waals surface area contributed by atoms with Gasteiger partial charge in [-0.2, -0.15) is 0 Å². The van der Waals surface area contributed by atoms with Gasteiger partial charge in [-0.3, -0.25) is 4.79 Å². The minimum atomic E-state index is -0.283. The summed E-state index contributed by atoms with van der Waals surface area (Å²) in [6.07, 6.45) is 1.64. The van der Waals surface area contributed by atoms with Crippen molar-refractivity contribution in [2.24, 2.45) is 0 Å². The molecule has 0 spiro atoms. The Morgan fingerprint density at radius 3 is 2.93 bits per heavy atom. The molecule has 4 nitrogen and oxygen atoms in total. The molecule has 0 fully saturated rings. The molecule has 1 rings (SSSR count). The Kier molecular flexibility index (Phi) is 4.71. The molecule has 1 N–H and O–H groups in total. The number of nitrogens with one attached hydrogen (secondary N) is 1. The lowest BCUT2D eigenvalue weighted by molar-refractivity contribution is -0.142. The van der Waals surface area contributed by atoms with E-state index in [9.17, 15) is 4.79 Å². The normalized spacial score (nSPS) is 12.5. The van der Waals surface area contributed by atoms with Crippen LogP contribution in [0.15, 0.2) is 21.6 Å². The second-order valence-electron chi connectivity index (χ2n) is 3.02. The monoisotopic (exact) mass is 229 g/mol. The lowest BCUT2D eigenvalue weighted by Gasteiger charge is -2.12. The summed E-state index contributed by atoms with van der Waals surface area (Å²) in [7, 11) is 3.13. The number of thioether (sulfide) groups is 1. The third-order valence-electron chi connectivity index (χ3n) is 2.05. The topological polar surface area (TPSA) is 51.5 Å². The average molecular weight is 229 g/mol. The Morgan fingerprint density at radius 2 is 2.47 bits per heavy atom. The zero-order valence-corrected chi connectivity index (χ0v) is 9.89. The largest absolute Gasteiger partial charge is 0.468 e. The molecular weight excluding hydrogens is 214 g/mol. The van der Waals surface area contributed by atoms with Crippen LogP contribution in [-0.4, -0.2) is 31.9 Å². The van der Waals surface area contributed by atoms with Crippen molar-refractivity contribution in [3.63, 3.8) is 0 Å². The summed E-state index contributed by atoms with van der Waals surface area (Å²) in [4.78, 5) is 12.3. The molecule has 0 aliphatic rings. The van der Waals surface area contributed by atoms with Gasteiger partial charge < -0.3 is 14.5 Å². The summed E-state index contributed by atoms with van der Waals surface area (Å²) in [5, 5.41) is 2.91. The molecule has 0 saturated carbocycles. The van der Waals surface area contributed by atoms with Crippen molar-refractivity contribution >= 4 is 17.7 Å². The van der Waals surface area contributed by atoms with E-state index in [0.717, 1.165) is 10.7 Å². The molecule has 1 heterocycles. The SMILES string of the molecule is CNC(CSc1ccoc1C)C(=O)OC. The fourth-order valence-electron chi connectivity index (χ4n) is 1.11. The molecule has 0 radical (unpaired) electrons. The van der Waals surface area contributed by atoms with Crippen LogP contribution in [0.2, 0.25) is 0 Å². The molecule has 84 valence electrons. The second-order valence-corrected chi connectivity index (χ2v) is 4.08. The molecule has 0 aromatic carbocycles. The summed E-state index contributed by atoms with van der Waals surface area (Å²) in [5.41, 5.74) is 0. The summed E-state index contributed by atoms with van der Waals surface area (Å²) in [6.45, 7) is 1.90. The van der Waals surface area contributed by atoms with Crippen LogP contribution in [0.3, 0.4) is 0 Å². The highest BCUT2D eigenvalue weighted by atomic mass is 32.2. The van der Waals surface area contributed by atoms with E-state index in [1.807, 2.05) is 13.0 Å². The molecule has 0 saturated heterocycles. The maximum Gasteiger partial charge on any atom is 0.323 e. The highest BCUT2D eigenvalue weighted by molar-refractivity contribution is 7.99. The van der Waals surface area contributed by atoms with Gasteiger partial charge in [0, 0.05) is 10.6 Å². The summed E-state index contributed by atoms with van der Waals surface area (Å²) in [5.74, 6) is 1.26. The van der Waals surface area contributed by atoms with Crippen LogP contribution in [0.5, 0.6) is 0 Å². The highest BCUT2D eigenvalue weighted by Gasteiger charge is 2.17. The van der Waals surface area contributed by atoms with Crippen LogP contribution in [0, 0.1) is 6.92 Å². The van der Waals surface area contributed by atoms with E-state index in [1.165, 1.54) is 7.11 Å². The smallest absolute Gasteiger partial charge is 0.323 e. The van der Waals surface area contributed by atoms with Gasteiger partial charge in [-0.25, -0.2) is 0 Å². The Labute approximate surface area is 93.4 Å². The van der Waals surface area contributed by atoms with Gasteiger partial charge in [0.2, 0.25) is 0 Å². The van der Waals surface area contributed by atoms with Crippen molar-refractivity contribution in [3.8, 4) is 0 Å². The number of esters is 1. The molecule has 1 aromatic heterocycles. The average Bonchev–Trinajstić information content (AvgIpc) is 2.65. The highest BCUT2D eigenvalue weighted by Crippen LogP contribution is 2.23. The number of methoxy groups -OCH3 is 1. The number of hydrogen-bond donors (Lipinski definition) is 1. The third-order valence-corrected chi connectivity index (χ3v) is 3.29. The minimum Gasteiger partial charge on any atom is -0.468 e. The van der Waals surface area contributed by atoms with Crippen molar-refractivity contribution in [1.82, 2.24) is 5.32 Å². The van der Waals surface area contributed by atoms with Crippen molar-refractivity contribution in [2.45, 2.75) is 17.9 Å². The summed E-state index contributed by atoms with van der Waals surface area (Å²) < 4.78 is 9.82. The van der Waals surface area contributed by atoms with Crippen molar-refractivity contribution < 1.29 is 13.9 Å². The van der Waals surface area contributed by atoms with Crippen molar-refractivity contribution in [3.05, 3.63) is 18.1 Å². The molecule has 0 aliphatic heterocycles. The predicted octanol–water partition coefficient (Wildman–Crippen LogP) is 1.44. The van der Waals surface area contributed by atoms with E-state index in [4.69, 9.17) is 4.42 Å². The first-order valence-corrected chi connectivity index (χ1v) is 5.59. The lowest BCUT2D eigenvalue weighted by atomic mass is 10.3. The Bertz CT molecular complexity index is 324. The first-order valence-electron chi connectivity index (χ1n) is 4.61. The number of likely N-dealkylation sites (N-methyl/N-ethyl adjacent to an activating group) is 1. The molecule has 1 unspecified atom stereocenters. The van der Waals surface area contributed by atoms with Crippen LogP contribution < -0.4 is 5.32 Å². The number of carbonyl (C=O) groups is 1. The summed E-state index contributed by atoms with van der Waals surface area (Å²) >= 11 is 1.57. The third kappa shape index (κ3) is 3.28. The lowest BCUT2D eigenvalue weighted by Crippen LogP contribution is -2.37. The quantitative estimate of drug-likeness (QED) is 0.611. The number of furan rings is 1. The maximum atomic E-state index is 11.3. The van der Waals surface area contributed by atoms with Gasteiger partial charge >= 0.3 is 5.97 Å². The van der Waals surface area contributed by atoms with Gasteiger partial charge in [0.1, 0.15) is 11.8 Å².